The van der Waals surface area contributed by atoms with Gasteiger partial charge >= 0.3 is 0 Å². The van der Waals surface area contributed by atoms with Gasteiger partial charge in [0.05, 0.1) is 6.61 Å². The van der Waals surface area contributed by atoms with Crippen LogP contribution in [0.15, 0.2) is 60.7 Å². The Kier molecular flexibility index (Phi) is 7.14. The molecular weight excluding hydrogens is 404 g/mol. The minimum absolute atomic E-state index is 0.0422. The summed E-state index contributed by atoms with van der Waals surface area (Å²) in [5, 5.41) is 14.4. The quantitative estimate of drug-likeness (QED) is 0.568. The summed E-state index contributed by atoms with van der Waals surface area (Å²) in [5.74, 6) is -0.620. The fourth-order valence-corrected chi connectivity index (χ4v) is 3.29. The molecule has 2 aromatic carbocycles. The minimum Gasteiger partial charge on any atom is -0.550 e. The molecule has 1 N–H and O–H groups in total. The number of nitrogens with one attached hydrogen (secondary N) is 1. The second kappa shape index (κ2) is 9.98. The summed E-state index contributed by atoms with van der Waals surface area (Å²) in [5.41, 5.74) is 3.08. The number of rotatable bonds is 9. The Morgan fingerprint density at radius 2 is 1.73 bits per heavy atom. The molecule has 0 saturated heterocycles. The number of amides is 1. The van der Waals surface area contributed by atoms with Gasteiger partial charge in [-0.05, 0) is 73.9 Å². The van der Waals surface area contributed by atoms with Crippen molar-refractivity contribution in [2.24, 2.45) is 0 Å². The van der Waals surface area contributed by atoms with Crippen LogP contribution in [-0.2, 0) is 22.6 Å². The molecule has 0 unspecified atom stereocenters. The van der Waals surface area contributed by atoms with Gasteiger partial charge in [0.15, 0.2) is 0 Å². The van der Waals surface area contributed by atoms with Crippen molar-refractivity contribution in [3.05, 3.63) is 71.4 Å². The molecule has 0 aliphatic carbocycles. The highest BCUT2D eigenvalue weighted by atomic mass is 35.5. The molecule has 7 heteroatoms. The van der Waals surface area contributed by atoms with Crippen LogP contribution in [0.3, 0.4) is 0 Å². The number of hydrogen-bond donors (Lipinski definition) is 1. The third-order valence-electron chi connectivity index (χ3n) is 4.55. The van der Waals surface area contributed by atoms with Crippen molar-refractivity contribution in [2.75, 3.05) is 11.9 Å². The molecular formula is C23H22ClN2O4-. The Labute approximate surface area is 180 Å². The van der Waals surface area contributed by atoms with Crippen molar-refractivity contribution in [2.45, 2.75) is 26.3 Å². The van der Waals surface area contributed by atoms with Crippen LogP contribution >= 0.6 is 11.6 Å². The summed E-state index contributed by atoms with van der Waals surface area (Å²) in [4.78, 5) is 23.6. The number of benzene rings is 2. The predicted octanol–water partition coefficient (Wildman–Crippen LogP) is 3.53. The summed E-state index contributed by atoms with van der Waals surface area (Å²) in [6.45, 7) is 2.52. The number of ether oxygens (including phenoxy) is 1. The molecule has 3 rings (SSSR count). The third-order valence-corrected chi connectivity index (χ3v) is 4.80. The van der Waals surface area contributed by atoms with E-state index in [4.69, 9.17) is 16.3 Å². The molecule has 0 aliphatic rings. The van der Waals surface area contributed by atoms with Crippen molar-refractivity contribution in [1.82, 2.24) is 4.57 Å². The fourth-order valence-electron chi connectivity index (χ4n) is 3.16. The number of carboxylic acid groups (broad SMARTS) is 1. The number of anilines is 1. The van der Waals surface area contributed by atoms with Crippen molar-refractivity contribution in [3.8, 4) is 17.0 Å². The van der Waals surface area contributed by atoms with Gasteiger partial charge in [0, 0.05) is 28.1 Å². The van der Waals surface area contributed by atoms with Gasteiger partial charge in [0.1, 0.15) is 12.3 Å². The Morgan fingerprint density at radius 3 is 2.37 bits per heavy atom. The first-order valence-corrected chi connectivity index (χ1v) is 10.0. The molecule has 30 heavy (non-hydrogen) atoms. The van der Waals surface area contributed by atoms with Gasteiger partial charge in [0.2, 0.25) is 5.91 Å². The molecule has 0 aliphatic heterocycles. The summed E-state index contributed by atoms with van der Waals surface area (Å²) in [7, 11) is 0. The molecule has 1 amide bonds. The fraction of sp³-hybridized carbons (Fsp3) is 0.217. The zero-order valence-corrected chi connectivity index (χ0v) is 17.3. The summed E-state index contributed by atoms with van der Waals surface area (Å²) < 4.78 is 7.22. The van der Waals surface area contributed by atoms with Crippen LogP contribution in [0.1, 0.15) is 19.0 Å². The number of carbonyl (C=O) groups is 2. The number of hydrogen-bond acceptors (Lipinski definition) is 4. The normalized spacial score (nSPS) is 10.6. The zero-order chi connectivity index (χ0) is 21.5. The highest BCUT2D eigenvalue weighted by Crippen LogP contribution is 2.25. The van der Waals surface area contributed by atoms with Crippen LogP contribution < -0.4 is 15.2 Å². The van der Waals surface area contributed by atoms with Gasteiger partial charge in [0.25, 0.3) is 0 Å². The Hall–Kier alpha value is -3.25. The second-order valence-corrected chi connectivity index (χ2v) is 7.12. The zero-order valence-electron chi connectivity index (χ0n) is 16.6. The van der Waals surface area contributed by atoms with Crippen LogP contribution in [0.25, 0.3) is 11.3 Å². The van der Waals surface area contributed by atoms with Crippen LogP contribution in [-0.4, -0.2) is 23.1 Å². The highest BCUT2D eigenvalue weighted by Gasteiger charge is 2.14. The largest absolute Gasteiger partial charge is 0.550 e. The van der Waals surface area contributed by atoms with Crippen molar-refractivity contribution in [3.63, 3.8) is 0 Å². The second-order valence-electron chi connectivity index (χ2n) is 6.68. The van der Waals surface area contributed by atoms with E-state index in [2.05, 4.69) is 5.32 Å². The Bertz CT molecular complexity index is 1010. The minimum atomic E-state index is -1.13. The molecule has 0 spiro atoms. The molecule has 0 atom stereocenters. The number of carboxylic acids is 1. The van der Waals surface area contributed by atoms with Gasteiger partial charge in [-0.25, -0.2) is 0 Å². The molecule has 3 aromatic rings. The third kappa shape index (κ3) is 5.64. The smallest absolute Gasteiger partial charge is 0.244 e. The first-order chi connectivity index (χ1) is 14.5. The number of carbonyl (C=O) groups excluding carboxylic acids is 2. The number of aryl methyl sites for hydroxylation is 1. The van der Waals surface area contributed by atoms with E-state index in [1.54, 1.807) is 36.4 Å². The van der Waals surface area contributed by atoms with E-state index in [1.807, 2.05) is 35.8 Å². The summed E-state index contributed by atoms with van der Waals surface area (Å²) in [6, 6.07) is 18.1. The van der Waals surface area contributed by atoms with E-state index in [9.17, 15) is 14.7 Å². The van der Waals surface area contributed by atoms with E-state index in [1.165, 1.54) is 0 Å². The van der Waals surface area contributed by atoms with Crippen LogP contribution in [0.2, 0.25) is 5.02 Å². The maximum absolute atomic E-state index is 12.7. The number of nitrogens with zero attached hydrogens (tertiary/aromatic N) is 1. The molecule has 0 fully saturated rings. The van der Waals surface area contributed by atoms with E-state index in [0.717, 1.165) is 22.7 Å². The molecule has 0 bridgehead atoms. The maximum Gasteiger partial charge on any atom is 0.244 e. The molecule has 6 nitrogen and oxygen atoms in total. The van der Waals surface area contributed by atoms with Gasteiger partial charge < -0.3 is 24.5 Å². The lowest BCUT2D eigenvalue weighted by atomic mass is 10.1. The monoisotopic (exact) mass is 425 g/mol. The van der Waals surface area contributed by atoms with Crippen molar-refractivity contribution < 1.29 is 19.4 Å². The average Bonchev–Trinajstić information content (AvgIpc) is 3.11. The summed E-state index contributed by atoms with van der Waals surface area (Å²) in [6.07, 6.45) is 0.150. The van der Waals surface area contributed by atoms with Gasteiger partial charge in [-0.1, -0.05) is 23.7 Å². The van der Waals surface area contributed by atoms with Crippen molar-refractivity contribution in [1.29, 1.82) is 0 Å². The van der Waals surface area contributed by atoms with E-state index in [-0.39, 0.29) is 25.3 Å². The molecule has 1 heterocycles. The lowest BCUT2D eigenvalue weighted by Crippen LogP contribution is -2.24. The maximum atomic E-state index is 12.7. The van der Waals surface area contributed by atoms with Crippen molar-refractivity contribution >= 4 is 29.2 Å². The lowest BCUT2D eigenvalue weighted by Gasteiger charge is -2.15. The summed E-state index contributed by atoms with van der Waals surface area (Å²) >= 11 is 5.98. The van der Waals surface area contributed by atoms with E-state index in [0.29, 0.717) is 17.3 Å². The highest BCUT2D eigenvalue weighted by molar-refractivity contribution is 6.30. The van der Waals surface area contributed by atoms with Crippen LogP contribution in [0.4, 0.5) is 5.69 Å². The Balaban J connectivity index is 1.80. The van der Waals surface area contributed by atoms with E-state index >= 15 is 0 Å². The van der Waals surface area contributed by atoms with Crippen LogP contribution in [0.5, 0.6) is 5.75 Å². The van der Waals surface area contributed by atoms with Crippen LogP contribution in [0, 0.1) is 0 Å². The predicted molar refractivity (Wildman–Crippen MR) is 114 cm³/mol. The standard InChI is InChI=1S/C23H23ClN2O4/c1-2-30-20-11-7-18(8-12-20)25-22(27)15-26-19(10-14-23(28)29)9-13-21(26)16-3-5-17(24)6-4-16/h3-9,11-13H,2,10,14-15H2,1H3,(H,25,27)(H,28,29)/p-1. The SMILES string of the molecule is CCOc1ccc(NC(=O)Cn2c(CCC(=O)[O-])ccc2-c2ccc(Cl)cc2)cc1. The van der Waals surface area contributed by atoms with Gasteiger partial charge in [-0.15, -0.1) is 0 Å². The van der Waals surface area contributed by atoms with E-state index < -0.39 is 5.97 Å². The number of aromatic nitrogens is 1. The van der Waals surface area contributed by atoms with Gasteiger partial charge in [-0.3, -0.25) is 4.79 Å². The first-order valence-electron chi connectivity index (χ1n) is 9.63. The molecule has 0 saturated carbocycles. The number of halogens is 1. The topological polar surface area (TPSA) is 83.4 Å². The molecule has 0 radical (unpaired) electrons. The Morgan fingerprint density at radius 1 is 1.03 bits per heavy atom. The number of aliphatic carboxylic acids is 1. The lowest BCUT2D eigenvalue weighted by molar-refractivity contribution is -0.305. The molecule has 156 valence electrons. The molecule has 1 aromatic heterocycles. The average molecular weight is 426 g/mol. The first kappa shape index (κ1) is 21.5. The van der Waals surface area contributed by atoms with Gasteiger partial charge in [-0.2, -0.15) is 0 Å².